The van der Waals surface area contributed by atoms with Crippen LogP contribution in [0.25, 0.3) is 0 Å². The van der Waals surface area contributed by atoms with E-state index in [9.17, 15) is 4.79 Å². The summed E-state index contributed by atoms with van der Waals surface area (Å²) in [6.07, 6.45) is 3.13. The van der Waals surface area contributed by atoms with Gasteiger partial charge >= 0.3 is 6.09 Å². The zero-order valence-electron chi connectivity index (χ0n) is 16.3. The zero-order valence-corrected chi connectivity index (χ0v) is 19.5. The molecular weight excluding hydrogens is 460 g/mol. The summed E-state index contributed by atoms with van der Waals surface area (Å²) in [4.78, 5) is 19.8. The number of carbonyl (C=O) groups is 1. The van der Waals surface area contributed by atoms with Gasteiger partial charge in [0.15, 0.2) is 0 Å². The molecule has 0 aliphatic carbocycles. The van der Waals surface area contributed by atoms with Crippen molar-refractivity contribution in [3.8, 4) is 0 Å². The normalized spacial score (nSPS) is 14.4. The van der Waals surface area contributed by atoms with E-state index in [4.69, 9.17) is 16.3 Å². The maximum absolute atomic E-state index is 12.5. The van der Waals surface area contributed by atoms with Crippen LogP contribution in [-0.2, 0) is 23.3 Å². The Morgan fingerprint density at radius 3 is 2.68 bits per heavy atom. The number of carbonyl (C=O) groups excluding carboxylic acids is 1. The first-order valence-electron chi connectivity index (χ1n) is 9.24. The van der Waals surface area contributed by atoms with Crippen molar-refractivity contribution in [2.24, 2.45) is 0 Å². The van der Waals surface area contributed by atoms with E-state index in [1.54, 1.807) is 16.7 Å². The number of ether oxygens (including phenoxy) is 1. The van der Waals surface area contributed by atoms with Crippen LogP contribution in [0.3, 0.4) is 0 Å². The lowest BCUT2D eigenvalue weighted by atomic mass is 10.0. The number of halogens is 2. The third kappa shape index (κ3) is 5.65. The van der Waals surface area contributed by atoms with E-state index in [1.165, 1.54) is 11.1 Å². The summed E-state index contributed by atoms with van der Waals surface area (Å²) in [7, 11) is 0. The lowest BCUT2D eigenvalue weighted by Gasteiger charge is -2.26. The van der Waals surface area contributed by atoms with Gasteiger partial charge in [0.2, 0.25) is 0 Å². The van der Waals surface area contributed by atoms with Gasteiger partial charge in [-0.1, -0.05) is 17.7 Å². The highest BCUT2D eigenvalue weighted by Crippen LogP contribution is 2.36. The number of nitrogens with zero attached hydrogens (tertiary/aromatic N) is 2. The molecule has 1 aromatic heterocycles. The van der Waals surface area contributed by atoms with E-state index in [-0.39, 0.29) is 6.09 Å². The van der Waals surface area contributed by atoms with Gasteiger partial charge in [-0.3, -0.25) is 4.98 Å². The maximum atomic E-state index is 12.5. The van der Waals surface area contributed by atoms with E-state index >= 15 is 0 Å². The Morgan fingerprint density at radius 2 is 2.00 bits per heavy atom. The standard InChI is InChI=1S/C21H24BrClN2O2S/c1-21(2,3)27-20(26)25-10-8-14-4-7-18(23)19(17(14)9-11-25)28-13-16-6-5-15(22)12-24-16/h4-7,12H,8-11,13H2,1-3H3. The molecule has 0 N–H and O–H groups in total. The molecule has 1 amide bonds. The van der Waals surface area contributed by atoms with Gasteiger partial charge in [-0.25, -0.2) is 4.79 Å². The lowest BCUT2D eigenvalue weighted by Crippen LogP contribution is -2.38. The van der Waals surface area contributed by atoms with Crippen LogP contribution in [0.15, 0.2) is 39.8 Å². The molecule has 2 aromatic rings. The van der Waals surface area contributed by atoms with Crippen LogP contribution in [0.2, 0.25) is 5.02 Å². The average Bonchev–Trinajstić information content (AvgIpc) is 2.84. The second-order valence-electron chi connectivity index (χ2n) is 7.74. The van der Waals surface area contributed by atoms with Crippen LogP contribution < -0.4 is 0 Å². The smallest absolute Gasteiger partial charge is 0.410 e. The topological polar surface area (TPSA) is 42.4 Å². The Hall–Kier alpha value is -1.24. The minimum atomic E-state index is -0.488. The van der Waals surface area contributed by atoms with Crippen LogP contribution in [0.4, 0.5) is 4.79 Å². The van der Waals surface area contributed by atoms with Crippen molar-refractivity contribution in [2.75, 3.05) is 13.1 Å². The fourth-order valence-electron chi connectivity index (χ4n) is 3.07. The number of thioether (sulfide) groups is 1. The van der Waals surface area contributed by atoms with Gasteiger partial charge in [0.1, 0.15) is 5.60 Å². The van der Waals surface area contributed by atoms with E-state index in [0.717, 1.165) is 38.7 Å². The van der Waals surface area contributed by atoms with Crippen molar-refractivity contribution in [3.63, 3.8) is 0 Å². The Morgan fingerprint density at radius 1 is 1.25 bits per heavy atom. The van der Waals surface area contributed by atoms with Crippen molar-refractivity contribution < 1.29 is 9.53 Å². The molecule has 0 fully saturated rings. The number of hydrogen-bond acceptors (Lipinski definition) is 4. The highest BCUT2D eigenvalue weighted by atomic mass is 79.9. The summed E-state index contributed by atoms with van der Waals surface area (Å²) >= 11 is 11.7. The van der Waals surface area contributed by atoms with Gasteiger partial charge in [-0.15, -0.1) is 11.8 Å². The minimum absolute atomic E-state index is 0.250. The van der Waals surface area contributed by atoms with Crippen LogP contribution in [-0.4, -0.2) is 34.7 Å². The van der Waals surface area contributed by atoms with Crippen molar-refractivity contribution in [3.05, 3.63) is 56.8 Å². The molecule has 0 radical (unpaired) electrons. The number of hydrogen-bond donors (Lipinski definition) is 0. The molecule has 7 heteroatoms. The van der Waals surface area contributed by atoms with Crippen molar-refractivity contribution >= 4 is 45.4 Å². The molecule has 3 rings (SSSR count). The molecule has 0 spiro atoms. The minimum Gasteiger partial charge on any atom is -0.444 e. The first-order chi connectivity index (χ1) is 13.2. The Bertz CT molecular complexity index is 853. The maximum Gasteiger partial charge on any atom is 0.410 e. The van der Waals surface area contributed by atoms with Crippen molar-refractivity contribution in [1.29, 1.82) is 0 Å². The first kappa shape index (κ1) is 21.5. The van der Waals surface area contributed by atoms with E-state index in [2.05, 4.69) is 27.0 Å². The van der Waals surface area contributed by atoms with E-state index in [0.29, 0.717) is 13.1 Å². The highest BCUT2D eigenvalue weighted by Gasteiger charge is 2.25. The summed E-state index contributed by atoms with van der Waals surface area (Å²) in [5.74, 6) is 0.749. The monoisotopic (exact) mass is 482 g/mol. The number of rotatable bonds is 3. The third-order valence-electron chi connectivity index (χ3n) is 4.40. The van der Waals surface area contributed by atoms with E-state index in [1.807, 2.05) is 45.2 Å². The molecule has 28 heavy (non-hydrogen) atoms. The summed E-state index contributed by atoms with van der Waals surface area (Å²) in [5, 5.41) is 0.756. The zero-order chi connectivity index (χ0) is 20.3. The molecule has 0 unspecified atom stereocenters. The largest absolute Gasteiger partial charge is 0.444 e. The van der Waals surface area contributed by atoms with Gasteiger partial charge < -0.3 is 9.64 Å². The average molecular weight is 484 g/mol. The van der Waals surface area contributed by atoms with Crippen LogP contribution in [0.5, 0.6) is 0 Å². The second kappa shape index (κ2) is 9.06. The molecule has 0 saturated heterocycles. The third-order valence-corrected chi connectivity index (χ3v) is 6.49. The van der Waals surface area contributed by atoms with Crippen molar-refractivity contribution in [2.45, 2.75) is 49.9 Å². The van der Waals surface area contributed by atoms with Crippen molar-refractivity contribution in [1.82, 2.24) is 9.88 Å². The summed E-state index contributed by atoms with van der Waals surface area (Å²) in [6, 6.07) is 8.05. The Balaban J connectivity index is 1.74. The molecular formula is C21H24BrClN2O2S. The Labute approximate surface area is 184 Å². The van der Waals surface area contributed by atoms with Crippen LogP contribution >= 0.6 is 39.3 Å². The quantitative estimate of drug-likeness (QED) is 0.493. The molecule has 0 atom stereocenters. The van der Waals surface area contributed by atoms with Gasteiger partial charge in [0.25, 0.3) is 0 Å². The molecule has 1 aromatic carbocycles. The fraction of sp³-hybridized carbons (Fsp3) is 0.429. The second-order valence-corrected chi connectivity index (χ2v) is 10.0. The summed E-state index contributed by atoms with van der Waals surface area (Å²) in [6.45, 7) is 6.96. The molecule has 4 nitrogen and oxygen atoms in total. The SMILES string of the molecule is CC(C)(C)OC(=O)N1CCc2ccc(Cl)c(SCc3ccc(Br)cn3)c2CC1. The molecule has 150 valence electrons. The van der Waals surface area contributed by atoms with Crippen LogP contribution in [0, 0.1) is 0 Å². The number of aromatic nitrogens is 1. The van der Waals surface area contributed by atoms with Gasteiger partial charge in [-0.05, 0) is 78.9 Å². The Kier molecular flexibility index (Phi) is 6.94. The number of pyridine rings is 1. The predicted octanol–water partition coefficient (Wildman–Crippen LogP) is 6.13. The fourth-order valence-corrected chi connectivity index (χ4v) is 4.72. The molecule has 0 bridgehead atoms. The molecule has 0 saturated carbocycles. The van der Waals surface area contributed by atoms with Crippen LogP contribution in [0.1, 0.15) is 37.6 Å². The molecule has 1 aliphatic rings. The van der Waals surface area contributed by atoms with Gasteiger partial charge in [0.05, 0.1) is 10.7 Å². The number of fused-ring (bicyclic) bond motifs is 1. The molecule has 1 aliphatic heterocycles. The lowest BCUT2D eigenvalue weighted by molar-refractivity contribution is 0.0258. The first-order valence-corrected chi connectivity index (χ1v) is 11.4. The number of amides is 1. The number of benzene rings is 1. The summed E-state index contributed by atoms with van der Waals surface area (Å²) < 4.78 is 6.51. The summed E-state index contributed by atoms with van der Waals surface area (Å²) in [5.41, 5.74) is 3.01. The van der Waals surface area contributed by atoms with Gasteiger partial charge in [-0.2, -0.15) is 0 Å². The molecule has 2 heterocycles. The predicted molar refractivity (Wildman–Crippen MR) is 118 cm³/mol. The highest BCUT2D eigenvalue weighted by molar-refractivity contribution is 9.10. The van der Waals surface area contributed by atoms with Gasteiger partial charge in [0, 0.05) is 34.4 Å². The van der Waals surface area contributed by atoms with E-state index < -0.39 is 5.60 Å².